The van der Waals surface area contributed by atoms with Crippen molar-refractivity contribution in [2.24, 2.45) is 0 Å². The molecule has 3 heteroatoms. The van der Waals surface area contributed by atoms with E-state index in [1.54, 1.807) is 6.08 Å². The van der Waals surface area contributed by atoms with E-state index in [9.17, 15) is 4.79 Å². The number of hydrogen-bond donors (Lipinski definition) is 0. The highest BCUT2D eigenvalue weighted by Crippen LogP contribution is 2.22. The van der Waals surface area contributed by atoms with Gasteiger partial charge in [-0.1, -0.05) is 41.4 Å². The van der Waals surface area contributed by atoms with E-state index >= 15 is 0 Å². The number of ether oxygens (including phenoxy) is 1. The lowest BCUT2D eigenvalue weighted by Gasteiger charge is -2.06. The van der Waals surface area contributed by atoms with E-state index in [0.717, 1.165) is 28.5 Å². The molecular formula is C14H17BrO2. The summed E-state index contributed by atoms with van der Waals surface area (Å²) in [5.41, 5.74) is 2.10. The number of benzene rings is 1. The van der Waals surface area contributed by atoms with Crippen molar-refractivity contribution in [1.29, 1.82) is 0 Å². The third kappa shape index (κ3) is 4.73. The van der Waals surface area contributed by atoms with Crippen molar-refractivity contribution >= 4 is 27.5 Å². The molecule has 0 radical (unpaired) electrons. The fraction of sp³-hybridized carbons (Fsp3) is 0.357. The molecule has 1 rings (SSSR count). The Morgan fingerprint density at radius 3 is 2.47 bits per heavy atom. The molecule has 0 aromatic heterocycles. The number of esters is 1. The van der Waals surface area contributed by atoms with E-state index in [1.165, 1.54) is 0 Å². The number of carbonyl (C=O) groups excluding carboxylic acids is 1. The molecule has 17 heavy (non-hydrogen) atoms. The van der Waals surface area contributed by atoms with Crippen molar-refractivity contribution < 1.29 is 9.53 Å². The van der Waals surface area contributed by atoms with Gasteiger partial charge in [-0.15, -0.1) is 0 Å². The van der Waals surface area contributed by atoms with Crippen LogP contribution in [0.25, 0.3) is 5.57 Å². The summed E-state index contributed by atoms with van der Waals surface area (Å²) in [7, 11) is 0. The maximum absolute atomic E-state index is 11.5. The van der Waals surface area contributed by atoms with E-state index < -0.39 is 0 Å². The predicted molar refractivity (Wildman–Crippen MR) is 73.7 cm³/mol. The maximum atomic E-state index is 11.5. The highest BCUT2D eigenvalue weighted by molar-refractivity contribution is 9.10. The molecule has 0 heterocycles. The third-order valence-corrected chi connectivity index (χ3v) is 2.84. The quantitative estimate of drug-likeness (QED) is 0.601. The van der Waals surface area contributed by atoms with E-state index in [0.29, 0.717) is 6.61 Å². The van der Waals surface area contributed by atoms with Gasteiger partial charge in [0.25, 0.3) is 0 Å². The van der Waals surface area contributed by atoms with Crippen molar-refractivity contribution in [3.8, 4) is 0 Å². The van der Waals surface area contributed by atoms with Crippen LogP contribution >= 0.6 is 15.9 Å². The average molecular weight is 297 g/mol. The van der Waals surface area contributed by atoms with Gasteiger partial charge in [0.05, 0.1) is 6.61 Å². The number of rotatable bonds is 5. The van der Waals surface area contributed by atoms with Gasteiger partial charge >= 0.3 is 5.97 Å². The topological polar surface area (TPSA) is 26.3 Å². The summed E-state index contributed by atoms with van der Waals surface area (Å²) in [5.74, 6) is -0.265. The van der Waals surface area contributed by atoms with Crippen LogP contribution in [0.4, 0.5) is 0 Å². The lowest BCUT2D eigenvalue weighted by molar-refractivity contribution is -0.137. The molecule has 0 fully saturated rings. The lowest BCUT2D eigenvalue weighted by atomic mass is 10.0. The van der Waals surface area contributed by atoms with Gasteiger partial charge in [-0.3, -0.25) is 0 Å². The van der Waals surface area contributed by atoms with Crippen molar-refractivity contribution in [1.82, 2.24) is 0 Å². The minimum absolute atomic E-state index is 0.265. The zero-order valence-electron chi connectivity index (χ0n) is 10.2. The van der Waals surface area contributed by atoms with Crippen molar-refractivity contribution in [3.05, 3.63) is 40.4 Å². The number of carbonyl (C=O) groups is 1. The van der Waals surface area contributed by atoms with Gasteiger partial charge < -0.3 is 4.74 Å². The van der Waals surface area contributed by atoms with E-state index in [-0.39, 0.29) is 5.97 Å². The molecule has 0 amide bonds. The first-order chi connectivity index (χ1) is 8.17. The first kappa shape index (κ1) is 14.0. The average Bonchev–Trinajstić information content (AvgIpc) is 2.30. The highest BCUT2D eigenvalue weighted by Gasteiger charge is 2.04. The van der Waals surface area contributed by atoms with E-state index in [4.69, 9.17) is 4.74 Å². The van der Waals surface area contributed by atoms with Gasteiger partial charge in [-0.05, 0) is 36.6 Å². The Morgan fingerprint density at radius 1 is 1.29 bits per heavy atom. The molecule has 0 saturated heterocycles. The Labute approximate surface area is 111 Å². The summed E-state index contributed by atoms with van der Waals surface area (Å²) in [6.45, 7) is 4.32. The normalized spacial score (nSPS) is 11.4. The summed E-state index contributed by atoms with van der Waals surface area (Å²) in [6, 6.07) is 7.96. The smallest absolute Gasteiger partial charge is 0.331 e. The minimum atomic E-state index is -0.265. The second-order valence-corrected chi connectivity index (χ2v) is 4.59. The molecule has 1 aromatic carbocycles. The van der Waals surface area contributed by atoms with Crippen LogP contribution in [-0.2, 0) is 9.53 Å². The standard InChI is InChI=1S/C14H17BrO2/c1-3-5-12(10-14(16)17-4-2)11-6-8-13(15)9-7-11/h6-10H,3-5H2,1-2H3. The SMILES string of the molecule is CCCC(=CC(=O)OCC)c1ccc(Br)cc1. The molecule has 0 unspecified atom stereocenters. The van der Waals surface area contributed by atoms with Crippen LogP contribution in [0, 0.1) is 0 Å². The second kappa shape index (κ2) is 7.28. The van der Waals surface area contributed by atoms with Gasteiger partial charge in [0, 0.05) is 10.5 Å². The van der Waals surface area contributed by atoms with Crippen LogP contribution in [-0.4, -0.2) is 12.6 Å². The Morgan fingerprint density at radius 2 is 1.94 bits per heavy atom. The Bertz CT molecular complexity index is 393. The molecule has 2 nitrogen and oxygen atoms in total. The predicted octanol–water partition coefficient (Wildman–Crippen LogP) is 4.20. The molecule has 0 aliphatic heterocycles. The molecule has 0 aliphatic carbocycles. The highest BCUT2D eigenvalue weighted by atomic mass is 79.9. The van der Waals surface area contributed by atoms with Crippen molar-refractivity contribution in [2.45, 2.75) is 26.7 Å². The summed E-state index contributed by atoms with van der Waals surface area (Å²) in [4.78, 5) is 11.5. The van der Waals surface area contributed by atoms with Crippen LogP contribution < -0.4 is 0 Å². The molecule has 0 saturated carbocycles. The Kier molecular flexibility index (Phi) is 5.98. The van der Waals surface area contributed by atoms with Gasteiger partial charge in [-0.2, -0.15) is 0 Å². The first-order valence-corrected chi connectivity index (χ1v) is 6.60. The van der Waals surface area contributed by atoms with Crippen LogP contribution in [0.1, 0.15) is 32.3 Å². The Hall–Kier alpha value is -1.09. The van der Waals surface area contributed by atoms with E-state index in [1.807, 2.05) is 31.2 Å². The summed E-state index contributed by atoms with van der Waals surface area (Å²) < 4.78 is 5.97. The molecule has 1 aromatic rings. The zero-order chi connectivity index (χ0) is 12.7. The third-order valence-electron chi connectivity index (χ3n) is 2.31. The lowest BCUT2D eigenvalue weighted by Crippen LogP contribution is -2.01. The van der Waals surface area contributed by atoms with Gasteiger partial charge in [0.1, 0.15) is 0 Å². The largest absolute Gasteiger partial charge is 0.463 e. The number of allylic oxidation sites excluding steroid dienone is 1. The molecule has 0 aliphatic rings. The maximum Gasteiger partial charge on any atom is 0.331 e. The number of halogens is 1. The second-order valence-electron chi connectivity index (χ2n) is 3.68. The van der Waals surface area contributed by atoms with Crippen molar-refractivity contribution in [3.63, 3.8) is 0 Å². The van der Waals surface area contributed by atoms with Gasteiger partial charge in [0.2, 0.25) is 0 Å². The molecule has 0 N–H and O–H groups in total. The van der Waals surface area contributed by atoms with Crippen LogP contribution in [0.5, 0.6) is 0 Å². The van der Waals surface area contributed by atoms with Crippen LogP contribution in [0.3, 0.4) is 0 Å². The fourth-order valence-electron chi connectivity index (χ4n) is 1.56. The van der Waals surface area contributed by atoms with Gasteiger partial charge in [-0.25, -0.2) is 4.79 Å². The summed E-state index contributed by atoms with van der Waals surface area (Å²) in [6.07, 6.45) is 3.47. The minimum Gasteiger partial charge on any atom is -0.463 e. The molecule has 0 atom stereocenters. The fourth-order valence-corrected chi connectivity index (χ4v) is 1.82. The molecule has 92 valence electrons. The van der Waals surface area contributed by atoms with Crippen LogP contribution in [0.2, 0.25) is 0 Å². The molecule has 0 spiro atoms. The summed E-state index contributed by atoms with van der Waals surface area (Å²) in [5, 5.41) is 0. The first-order valence-electron chi connectivity index (χ1n) is 5.80. The Balaban J connectivity index is 2.92. The van der Waals surface area contributed by atoms with E-state index in [2.05, 4.69) is 22.9 Å². The van der Waals surface area contributed by atoms with Gasteiger partial charge in [0.15, 0.2) is 0 Å². The monoisotopic (exact) mass is 296 g/mol. The zero-order valence-corrected chi connectivity index (χ0v) is 11.8. The van der Waals surface area contributed by atoms with Crippen LogP contribution in [0.15, 0.2) is 34.8 Å². The number of hydrogen-bond acceptors (Lipinski definition) is 2. The molecule has 0 bridgehead atoms. The summed E-state index contributed by atoms with van der Waals surface area (Å²) >= 11 is 3.40. The molecular weight excluding hydrogens is 280 g/mol. The van der Waals surface area contributed by atoms with Crippen molar-refractivity contribution in [2.75, 3.05) is 6.61 Å².